The molecule has 0 aromatic carbocycles. The topological polar surface area (TPSA) is 32.3 Å². The zero-order chi connectivity index (χ0) is 13.0. The number of nitrogens with zero attached hydrogens (tertiary/aromatic N) is 4. The van der Waals surface area contributed by atoms with Crippen LogP contribution in [0.4, 0.5) is 0 Å². The zero-order valence-electron chi connectivity index (χ0n) is 11.1. The molecule has 0 bridgehead atoms. The average molecular weight is 269 g/mol. The normalized spacial score (nSPS) is 20.8. The molecule has 2 rings (SSSR count). The van der Waals surface area contributed by atoms with Crippen LogP contribution in [-0.2, 0) is 6.54 Å². The summed E-state index contributed by atoms with van der Waals surface area (Å²) >= 11 is 5.74. The van der Waals surface area contributed by atoms with Crippen molar-refractivity contribution in [3.63, 3.8) is 0 Å². The van der Waals surface area contributed by atoms with Gasteiger partial charge in [0.1, 0.15) is 0 Å². The zero-order valence-corrected chi connectivity index (χ0v) is 11.9. The molecule has 0 N–H and O–H groups in total. The molecule has 1 aliphatic rings. The van der Waals surface area contributed by atoms with Crippen LogP contribution in [0.25, 0.3) is 0 Å². The van der Waals surface area contributed by atoms with Crippen LogP contribution in [-0.4, -0.2) is 52.2 Å². The second kappa shape index (κ2) is 6.45. The number of hydrogen-bond donors (Lipinski definition) is 0. The van der Waals surface area contributed by atoms with Crippen LogP contribution in [0.3, 0.4) is 0 Å². The molecule has 0 amide bonds. The maximum Gasteiger partial charge on any atom is 0.151 e. The Morgan fingerprint density at radius 1 is 1.33 bits per heavy atom. The van der Waals surface area contributed by atoms with E-state index in [1.807, 2.05) is 12.1 Å². The van der Waals surface area contributed by atoms with Crippen LogP contribution in [0.5, 0.6) is 0 Å². The van der Waals surface area contributed by atoms with E-state index >= 15 is 0 Å². The molecule has 1 aromatic rings. The van der Waals surface area contributed by atoms with Crippen molar-refractivity contribution in [1.29, 1.82) is 0 Å². The highest BCUT2D eigenvalue weighted by Crippen LogP contribution is 2.17. The van der Waals surface area contributed by atoms with E-state index in [4.69, 9.17) is 11.6 Å². The number of hydrogen-bond acceptors (Lipinski definition) is 4. The van der Waals surface area contributed by atoms with E-state index in [1.165, 1.54) is 6.42 Å². The molecular formula is C13H21ClN4. The van der Waals surface area contributed by atoms with Gasteiger partial charge < -0.3 is 0 Å². The fourth-order valence-corrected chi connectivity index (χ4v) is 2.75. The van der Waals surface area contributed by atoms with Gasteiger partial charge in [-0.3, -0.25) is 9.80 Å². The maximum atomic E-state index is 5.74. The van der Waals surface area contributed by atoms with E-state index in [-0.39, 0.29) is 0 Å². The van der Waals surface area contributed by atoms with Gasteiger partial charge in [-0.05, 0) is 31.6 Å². The molecule has 5 heteroatoms. The minimum Gasteiger partial charge on any atom is -0.300 e. The fraction of sp³-hybridized carbons (Fsp3) is 0.692. The van der Waals surface area contributed by atoms with Crippen molar-refractivity contribution in [2.24, 2.45) is 0 Å². The summed E-state index contributed by atoms with van der Waals surface area (Å²) in [5, 5.41) is 8.46. The van der Waals surface area contributed by atoms with Gasteiger partial charge >= 0.3 is 0 Å². The highest BCUT2D eigenvalue weighted by molar-refractivity contribution is 6.29. The monoisotopic (exact) mass is 268 g/mol. The molecule has 1 fully saturated rings. The highest BCUT2D eigenvalue weighted by Gasteiger charge is 2.26. The van der Waals surface area contributed by atoms with Crippen molar-refractivity contribution in [2.45, 2.75) is 32.9 Å². The van der Waals surface area contributed by atoms with Crippen LogP contribution in [0.2, 0.25) is 5.15 Å². The first-order valence-corrected chi connectivity index (χ1v) is 7.05. The lowest BCUT2D eigenvalue weighted by Crippen LogP contribution is -2.37. The molecule has 1 unspecified atom stereocenters. The lowest BCUT2D eigenvalue weighted by molar-refractivity contribution is 0.208. The number of aromatic nitrogens is 2. The molecule has 1 aromatic heterocycles. The first-order chi connectivity index (χ1) is 8.72. The van der Waals surface area contributed by atoms with E-state index in [0.717, 1.165) is 38.4 Å². The standard InChI is InChI=1S/C13H21ClN4/c1-3-18(4-2)12-7-8-17(10-12)9-11-5-6-13(14)16-15-11/h5-6,12H,3-4,7-10H2,1-2H3. The third-order valence-corrected chi connectivity index (χ3v) is 3.85. The molecule has 1 saturated heterocycles. The quantitative estimate of drug-likeness (QED) is 0.818. The second-order valence-electron chi connectivity index (χ2n) is 4.75. The van der Waals surface area contributed by atoms with Crippen LogP contribution in [0, 0.1) is 0 Å². The van der Waals surface area contributed by atoms with Crippen molar-refractivity contribution in [2.75, 3.05) is 26.2 Å². The highest BCUT2D eigenvalue weighted by atomic mass is 35.5. The van der Waals surface area contributed by atoms with Gasteiger partial charge in [0, 0.05) is 25.7 Å². The minimum atomic E-state index is 0.459. The van der Waals surface area contributed by atoms with Gasteiger partial charge in [0.2, 0.25) is 0 Å². The Hall–Kier alpha value is -0.710. The number of rotatable bonds is 5. The third kappa shape index (κ3) is 3.40. The fourth-order valence-electron chi connectivity index (χ4n) is 2.65. The molecule has 4 nitrogen and oxygen atoms in total. The summed E-state index contributed by atoms with van der Waals surface area (Å²) in [5.41, 5.74) is 1.000. The summed E-state index contributed by atoms with van der Waals surface area (Å²) in [4.78, 5) is 4.98. The van der Waals surface area contributed by atoms with Gasteiger partial charge in [-0.15, -0.1) is 5.10 Å². The van der Waals surface area contributed by atoms with Gasteiger partial charge in [0.05, 0.1) is 5.69 Å². The SMILES string of the molecule is CCN(CC)C1CCN(Cc2ccc(Cl)nn2)C1. The van der Waals surface area contributed by atoms with Crippen LogP contribution < -0.4 is 0 Å². The maximum absolute atomic E-state index is 5.74. The van der Waals surface area contributed by atoms with Gasteiger partial charge in [-0.2, -0.15) is 5.10 Å². The number of halogens is 1. The van der Waals surface area contributed by atoms with Gasteiger partial charge in [0.15, 0.2) is 5.15 Å². The summed E-state index contributed by atoms with van der Waals surface area (Å²) in [6.07, 6.45) is 1.25. The Morgan fingerprint density at radius 2 is 2.11 bits per heavy atom. The minimum absolute atomic E-state index is 0.459. The lowest BCUT2D eigenvalue weighted by atomic mass is 10.2. The van der Waals surface area contributed by atoms with Crippen LogP contribution in [0.15, 0.2) is 12.1 Å². The molecule has 100 valence electrons. The summed E-state index contributed by atoms with van der Waals surface area (Å²) < 4.78 is 0. The molecular weight excluding hydrogens is 248 g/mol. The molecule has 18 heavy (non-hydrogen) atoms. The van der Waals surface area contributed by atoms with Crippen molar-refractivity contribution in [3.05, 3.63) is 23.0 Å². The molecule has 1 atom stereocenters. The molecule has 0 spiro atoms. The van der Waals surface area contributed by atoms with E-state index < -0.39 is 0 Å². The summed E-state index contributed by atoms with van der Waals surface area (Å²) in [5.74, 6) is 0. The molecule has 0 saturated carbocycles. The molecule has 0 aliphatic carbocycles. The summed E-state index contributed by atoms with van der Waals surface area (Å²) in [6, 6.07) is 4.46. The van der Waals surface area contributed by atoms with Crippen molar-refractivity contribution in [3.8, 4) is 0 Å². The van der Waals surface area contributed by atoms with Crippen molar-refractivity contribution >= 4 is 11.6 Å². The number of likely N-dealkylation sites (tertiary alicyclic amines) is 1. The largest absolute Gasteiger partial charge is 0.300 e. The Balaban J connectivity index is 1.87. The Labute approximate surface area is 114 Å². The number of likely N-dealkylation sites (N-methyl/N-ethyl adjacent to an activating group) is 1. The van der Waals surface area contributed by atoms with Crippen LogP contribution >= 0.6 is 11.6 Å². The van der Waals surface area contributed by atoms with E-state index in [1.54, 1.807) is 0 Å². The molecule has 2 heterocycles. The Kier molecular flexibility index (Phi) is 4.92. The lowest BCUT2D eigenvalue weighted by Gasteiger charge is -2.26. The van der Waals surface area contributed by atoms with Crippen molar-refractivity contribution < 1.29 is 0 Å². The van der Waals surface area contributed by atoms with E-state index in [0.29, 0.717) is 11.2 Å². The van der Waals surface area contributed by atoms with E-state index in [2.05, 4.69) is 33.8 Å². The van der Waals surface area contributed by atoms with Gasteiger partial charge in [-0.25, -0.2) is 0 Å². The Bertz CT molecular complexity index is 364. The third-order valence-electron chi connectivity index (χ3n) is 3.65. The predicted octanol–water partition coefficient (Wildman–Crippen LogP) is 2.05. The first kappa shape index (κ1) is 13.7. The summed E-state index contributed by atoms with van der Waals surface area (Å²) in [6.45, 7) is 9.89. The van der Waals surface area contributed by atoms with E-state index in [9.17, 15) is 0 Å². The van der Waals surface area contributed by atoms with Gasteiger partial charge in [0.25, 0.3) is 0 Å². The van der Waals surface area contributed by atoms with Gasteiger partial charge in [-0.1, -0.05) is 25.4 Å². The Morgan fingerprint density at radius 3 is 2.72 bits per heavy atom. The smallest absolute Gasteiger partial charge is 0.151 e. The molecule has 1 aliphatic heterocycles. The molecule has 0 radical (unpaired) electrons. The van der Waals surface area contributed by atoms with Crippen LogP contribution in [0.1, 0.15) is 26.0 Å². The summed E-state index contributed by atoms with van der Waals surface area (Å²) in [7, 11) is 0. The average Bonchev–Trinajstić information content (AvgIpc) is 2.82. The van der Waals surface area contributed by atoms with Crippen molar-refractivity contribution in [1.82, 2.24) is 20.0 Å². The second-order valence-corrected chi connectivity index (χ2v) is 5.13. The first-order valence-electron chi connectivity index (χ1n) is 6.67. The predicted molar refractivity (Wildman–Crippen MR) is 73.6 cm³/mol.